The van der Waals surface area contributed by atoms with Crippen molar-refractivity contribution in [3.05, 3.63) is 29.8 Å². The van der Waals surface area contributed by atoms with Gasteiger partial charge in [-0.3, -0.25) is 0 Å². The molecule has 0 bridgehead atoms. The Kier molecular flexibility index (Phi) is 5.74. The summed E-state index contributed by atoms with van der Waals surface area (Å²) in [4.78, 5) is 2.29. The van der Waals surface area contributed by atoms with Crippen LogP contribution in [0.1, 0.15) is 12.0 Å². The number of nitrogens with one attached hydrogen (secondary N) is 1. The van der Waals surface area contributed by atoms with E-state index in [-0.39, 0.29) is 11.4 Å². The molecular formula is C12H21N3O2S. The lowest BCUT2D eigenvalue weighted by molar-refractivity contribution is 0.400. The van der Waals surface area contributed by atoms with E-state index in [1.165, 1.54) is 0 Å². The van der Waals surface area contributed by atoms with Crippen LogP contribution in [0.2, 0.25) is 0 Å². The third kappa shape index (κ3) is 4.38. The van der Waals surface area contributed by atoms with Crippen molar-refractivity contribution in [1.82, 2.24) is 9.62 Å². The monoisotopic (exact) mass is 271 g/mol. The molecule has 1 aromatic rings. The predicted octanol–water partition coefficient (Wildman–Crippen LogP) is 0.375. The fourth-order valence-corrected chi connectivity index (χ4v) is 2.94. The van der Waals surface area contributed by atoms with Gasteiger partial charge in [0.25, 0.3) is 0 Å². The first-order valence-electron chi connectivity index (χ1n) is 5.89. The fraction of sp³-hybridized carbons (Fsp3) is 0.500. The van der Waals surface area contributed by atoms with Crippen molar-refractivity contribution < 1.29 is 8.42 Å². The molecule has 0 aliphatic heterocycles. The van der Waals surface area contributed by atoms with Gasteiger partial charge in [-0.25, -0.2) is 13.1 Å². The average Bonchev–Trinajstić information content (AvgIpc) is 2.34. The summed E-state index contributed by atoms with van der Waals surface area (Å²) < 4.78 is 26.7. The second kappa shape index (κ2) is 6.84. The topological polar surface area (TPSA) is 75.4 Å². The highest BCUT2D eigenvalue weighted by atomic mass is 32.2. The summed E-state index contributed by atoms with van der Waals surface area (Å²) in [6, 6.07) is 6.80. The third-order valence-electron chi connectivity index (χ3n) is 2.56. The van der Waals surface area contributed by atoms with Gasteiger partial charge in [0.15, 0.2) is 0 Å². The van der Waals surface area contributed by atoms with Gasteiger partial charge in [-0.05, 0) is 38.7 Å². The van der Waals surface area contributed by atoms with Gasteiger partial charge < -0.3 is 10.6 Å². The van der Waals surface area contributed by atoms with E-state index in [1.807, 2.05) is 19.0 Å². The Morgan fingerprint density at radius 3 is 2.56 bits per heavy atom. The molecule has 0 saturated heterocycles. The van der Waals surface area contributed by atoms with Crippen LogP contribution >= 0.6 is 0 Å². The maximum absolute atomic E-state index is 12.1. The molecule has 0 atom stereocenters. The van der Waals surface area contributed by atoms with Crippen molar-refractivity contribution >= 4 is 10.0 Å². The molecule has 1 rings (SSSR count). The van der Waals surface area contributed by atoms with E-state index in [2.05, 4.69) is 4.72 Å². The molecule has 0 saturated carbocycles. The zero-order valence-corrected chi connectivity index (χ0v) is 11.7. The quantitative estimate of drug-likeness (QED) is 0.703. The fourth-order valence-electron chi connectivity index (χ4n) is 1.61. The summed E-state index contributed by atoms with van der Waals surface area (Å²) in [7, 11) is 0.464. The van der Waals surface area contributed by atoms with Crippen LogP contribution in [0.15, 0.2) is 29.2 Å². The molecule has 0 radical (unpaired) electrons. The van der Waals surface area contributed by atoms with Crippen LogP contribution < -0.4 is 10.5 Å². The number of benzene rings is 1. The van der Waals surface area contributed by atoms with Gasteiger partial charge in [0.1, 0.15) is 0 Å². The lowest BCUT2D eigenvalue weighted by Crippen LogP contribution is -2.28. The molecular weight excluding hydrogens is 250 g/mol. The van der Waals surface area contributed by atoms with Crippen LogP contribution in [0.4, 0.5) is 0 Å². The Bertz CT molecular complexity index is 472. The Labute approximate surface area is 109 Å². The Morgan fingerprint density at radius 1 is 1.28 bits per heavy atom. The van der Waals surface area contributed by atoms with Crippen molar-refractivity contribution in [2.75, 3.05) is 27.2 Å². The van der Waals surface area contributed by atoms with E-state index in [4.69, 9.17) is 5.73 Å². The van der Waals surface area contributed by atoms with Crippen LogP contribution in [-0.4, -0.2) is 40.5 Å². The lowest BCUT2D eigenvalue weighted by Gasteiger charge is -2.12. The zero-order valence-electron chi connectivity index (χ0n) is 10.9. The largest absolute Gasteiger partial charge is 0.326 e. The summed E-state index contributed by atoms with van der Waals surface area (Å²) >= 11 is 0. The summed E-state index contributed by atoms with van der Waals surface area (Å²) in [6.07, 6.45) is 0.775. The summed E-state index contributed by atoms with van der Waals surface area (Å²) in [5.41, 5.74) is 6.18. The van der Waals surface area contributed by atoms with Crippen molar-refractivity contribution in [3.8, 4) is 0 Å². The summed E-state index contributed by atoms with van der Waals surface area (Å²) in [6.45, 7) is 1.50. The number of nitrogens with two attached hydrogens (primary N) is 1. The first kappa shape index (κ1) is 15.1. The molecule has 6 heteroatoms. The SMILES string of the molecule is CN(C)CCCNS(=O)(=O)c1ccccc1CN. The smallest absolute Gasteiger partial charge is 0.240 e. The molecule has 0 spiro atoms. The van der Waals surface area contributed by atoms with E-state index in [9.17, 15) is 8.42 Å². The van der Waals surface area contributed by atoms with Gasteiger partial charge in [-0.15, -0.1) is 0 Å². The van der Waals surface area contributed by atoms with Crippen molar-refractivity contribution in [1.29, 1.82) is 0 Å². The Hall–Kier alpha value is -0.950. The van der Waals surface area contributed by atoms with Crippen molar-refractivity contribution in [2.45, 2.75) is 17.9 Å². The van der Waals surface area contributed by atoms with E-state index >= 15 is 0 Å². The highest BCUT2D eigenvalue weighted by Crippen LogP contribution is 2.14. The van der Waals surface area contributed by atoms with Crippen LogP contribution in [0, 0.1) is 0 Å². The standard InChI is InChI=1S/C12H21N3O2S/c1-15(2)9-5-8-14-18(16,17)12-7-4-3-6-11(12)10-13/h3-4,6-7,14H,5,8-10,13H2,1-2H3. The molecule has 5 nitrogen and oxygen atoms in total. The highest BCUT2D eigenvalue weighted by molar-refractivity contribution is 7.89. The van der Waals surface area contributed by atoms with Crippen LogP contribution in [0.5, 0.6) is 0 Å². The lowest BCUT2D eigenvalue weighted by atomic mass is 10.2. The maximum Gasteiger partial charge on any atom is 0.240 e. The van der Waals surface area contributed by atoms with Gasteiger partial charge >= 0.3 is 0 Å². The minimum absolute atomic E-state index is 0.217. The second-order valence-electron chi connectivity index (χ2n) is 4.37. The minimum atomic E-state index is -3.45. The highest BCUT2D eigenvalue weighted by Gasteiger charge is 2.16. The molecule has 0 unspecified atom stereocenters. The summed E-state index contributed by atoms with van der Waals surface area (Å²) in [5.74, 6) is 0. The molecule has 1 aromatic carbocycles. The molecule has 0 heterocycles. The minimum Gasteiger partial charge on any atom is -0.326 e. The van der Waals surface area contributed by atoms with Gasteiger partial charge in [-0.1, -0.05) is 18.2 Å². The molecule has 18 heavy (non-hydrogen) atoms. The third-order valence-corrected chi connectivity index (χ3v) is 4.12. The number of hydrogen-bond acceptors (Lipinski definition) is 4. The van der Waals surface area contributed by atoms with E-state index in [0.29, 0.717) is 12.1 Å². The number of nitrogens with zero attached hydrogens (tertiary/aromatic N) is 1. The Morgan fingerprint density at radius 2 is 1.94 bits per heavy atom. The first-order chi connectivity index (χ1) is 8.47. The molecule has 0 aliphatic carbocycles. The second-order valence-corrected chi connectivity index (χ2v) is 6.10. The van der Waals surface area contributed by atoms with E-state index in [0.717, 1.165) is 13.0 Å². The van der Waals surface area contributed by atoms with Gasteiger partial charge in [0.05, 0.1) is 4.90 Å². The maximum atomic E-state index is 12.1. The predicted molar refractivity (Wildman–Crippen MR) is 72.7 cm³/mol. The van der Waals surface area contributed by atoms with Crippen LogP contribution in [0.25, 0.3) is 0 Å². The molecule has 0 amide bonds. The molecule has 0 aliphatic rings. The number of hydrogen-bond donors (Lipinski definition) is 2. The van der Waals surface area contributed by atoms with Crippen LogP contribution in [-0.2, 0) is 16.6 Å². The van der Waals surface area contributed by atoms with E-state index in [1.54, 1.807) is 24.3 Å². The van der Waals surface area contributed by atoms with Crippen molar-refractivity contribution in [2.24, 2.45) is 5.73 Å². The van der Waals surface area contributed by atoms with E-state index < -0.39 is 10.0 Å². The van der Waals surface area contributed by atoms with Crippen LogP contribution in [0.3, 0.4) is 0 Å². The molecule has 0 fully saturated rings. The molecule has 3 N–H and O–H groups in total. The zero-order chi connectivity index (χ0) is 13.6. The normalized spacial score (nSPS) is 12.0. The van der Waals surface area contributed by atoms with Crippen molar-refractivity contribution in [3.63, 3.8) is 0 Å². The van der Waals surface area contributed by atoms with Gasteiger partial charge in [0, 0.05) is 13.1 Å². The number of sulfonamides is 1. The molecule has 102 valence electrons. The average molecular weight is 271 g/mol. The molecule has 0 aromatic heterocycles. The Balaban J connectivity index is 2.68. The first-order valence-corrected chi connectivity index (χ1v) is 7.38. The number of rotatable bonds is 7. The van der Waals surface area contributed by atoms with Gasteiger partial charge in [0.2, 0.25) is 10.0 Å². The summed E-state index contributed by atoms with van der Waals surface area (Å²) in [5, 5.41) is 0. The van der Waals surface area contributed by atoms with Gasteiger partial charge in [-0.2, -0.15) is 0 Å².